The maximum atomic E-state index is 11.6. The zero-order chi connectivity index (χ0) is 21.5. The summed E-state index contributed by atoms with van der Waals surface area (Å²) in [4.78, 5) is 11.6. The van der Waals surface area contributed by atoms with Gasteiger partial charge in [0.2, 0.25) is 0 Å². The van der Waals surface area contributed by atoms with E-state index in [9.17, 15) is 9.90 Å². The van der Waals surface area contributed by atoms with Crippen LogP contribution in [0.1, 0.15) is 33.5 Å². The number of ether oxygens (including phenoxy) is 1. The predicted molar refractivity (Wildman–Crippen MR) is 124 cm³/mol. The Balaban J connectivity index is 1.86. The van der Waals surface area contributed by atoms with Crippen LogP contribution >= 0.6 is 0 Å². The van der Waals surface area contributed by atoms with Gasteiger partial charge in [0.05, 0.1) is 18.4 Å². The molecule has 0 atom stereocenters. The van der Waals surface area contributed by atoms with Gasteiger partial charge in [-0.15, -0.1) is 0 Å². The lowest BCUT2D eigenvalue weighted by Crippen LogP contribution is -2.04. The number of allylic oxidation sites excluding steroid dienone is 1. The molecule has 4 aromatic rings. The standard InChI is InChI=1S/C27H23NO3/c1-28-23-16-18(27(29)30)14-15-22(23)25(26(28)17-8-4-3-5-9-17)21-12-6-11-20-19(21)10-7-13-24(20)31-2/h3-5,7-10,12-16H,6,11H2,1-2H3,(H,29,30). The molecule has 1 heterocycles. The van der Waals surface area contributed by atoms with Gasteiger partial charge >= 0.3 is 5.97 Å². The average molecular weight is 409 g/mol. The maximum absolute atomic E-state index is 11.6. The van der Waals surface area contributed by atoms with E-state index < -0.39 is 5.97 Å². The fourth-order valence-electron chi connectivity index (χ4n) is 4.75. The van der Waals surface area contributed by atoms with Crippen LogP contribution in [0.25, 0.3) is 27.7 Å². The second-order valence-electron chi connectivity index (χ2n) is 7.83. The number of carboxylic acid groups (broad SMARTS) is 1. The fraction of sp³-hybridized carbons (Fsp3) is 0.148. The van der Waals surface area contributed by atoms with E-state index in [0.29, 0.717) is 5.56 Å². The molecule has 4 nitrogen and oxygen atoms in total. The molecule has 31 heavy (non-hydrogen) atoms. The first-order chi connectivity index (χ1) is 15.1. The number of hydrogen-bond acceptors (Lipinski definition) is 2. The number of benzene rings is 3. The number of aromatic carboxylic acids is 1. The van der Waals surface area contributed by atoms with Gasteiger partial charge in [-0.05, 0) is 47.7 Å². The van der Waals surface area contributed by atoms with Gasteiger partial charge in [-0.3, -0.25) is 0 Å². The lowest BCUT2D eigenvalue weighted by Gasteiger charge is -2.21. The number of rotatable bonds is 4. The molecule has 0 radical (unpaired) electrons. The van der Waals surface area contributed by atoms with Gasteiger partial charge in [-0.25, -0.2) is 4.79 Å². The Labute approximate surface area is 181 Å². The van der Waals surface area contributed by atoms with Crippen molar-refractivity contribution in [2.45, 2.75) is 12.8 Å². The first-order valence-corrected chi connectivity index (χ1v) is 10.4. The Morgan fingerprint density at radius 1 is 1.03 bits per heavy atom. The van der Waals surface area contributed by atoms with Gasteiger partial charge in [0.15, 0.2) is 0 Å². The third-order valence-corrected chi connectivity index (χ3v) is 6.15. The first kappa shape index (κ1) is 19.2. The number of hydrogen-bond donors (Lipinski definition) is 1. The Hall–Kier alpha value is -3.79. The summed E-state index contributed by atoms with van der Waals surface area (Å²) < 4.78 is 7.76. The third-order valence-electron chi connectivity index (χ3n) is 6.15. The van der Waals surface area contributed by atoms with E-state index in [4.69, 9.17) is 4.74 Å². The Morgan fingerprint density at radius 2 is 1.84 bits per heavy atom. The molecule has 0 saturated carbocycles. The Kier molecular flexibility index (Phi) is 4.63. The molecule has 0 bridgehead atoms. The number of nitrogens with zero attached hydrogens (tertiary/aromatic N) is 1. The minimum absolute atomic E-state index is 0.291. The molecular formula is C27H23NO3. The molecule has 0 saturated heterocycles. The second kappa shape index (κ2) is 7.47. The highest BCUT2D eigenvalue weighted by molar-refractivity contribution is 6.06. The van der Waals surface area contributed by atoms with Crippen molar-refractivity contribution in [1.29, 1.82) is 0 Å². The molecule has 0 aliphatic heterocycles. The Bertz CT molecular complexity index is 1350. The number of fused-ring (bicyclic) bond motifs is 2. The predicted octanol–water partition coefficient (Wildman–Crippen LogP) is 5.93. The fourth-order valence-corrected chi connectivity index (χ4v) is 4.75. The summed E-state index contributed by atoms with van der Waals surface area (Å²) in [5, 5.41) is 10.6. The lowest BCUT2D eigenvalue weighted by molar-refractivity contribution is 0.0697. The van der Waals surface area contributed by atoms with Crippen molar-refractivity contribution < 1.29 is 14.6 Å². The van der Waals surface area contributed by atoms with Crippen molar-refractivity contribution in [1.82, 2.24) is 4.57 Å². The number of carbonyl (C=O) groups is 1. The minimum atomic E-state index is -0.919. The van der Waals surface area contributed by atoms with Crippen molar-refractivity contribution in [2.24, 2.45) is 7.05 Å². The largest absolute Gasteiger partial charge is 0.496 e. The van der Waals surface area contributed by atoms with E-state index in [1.807, 2.05) is 43.4 Å². The van der Waals surface area contributed by atoms with Crippen LogP contribution in [0.4, 0.5) is 0 Å². The summed E-state index contributed by atoms with van der Waals surface area (Å²) in [7, 11) is 3.73. The average Bonchev–Trinajstić information content (AvgIpc) is 3.10. The minimum Gasteiger partial charge on any atom is -0.496 e. The zero-order valence-electron chi connectivity index (χ0n) is 17.6. The van der Waals surface area contributed by atoms with E-state index >= 15 is 0 Å². The van der Waals surface area contributed by atoms with E-state index in [1.54, 1.807) is 19.2 Å². The van der Waals surface area contributed by atoms with Crippen LogP contribution in [0.3, 0.4) is 0 Å². The molecule has 0 amide bonds. The van der Waals surface area contributed by atoms with Gasteiger partial charge in [-0.2, -0.15) is 0 Å². The second-order valence-corrected chi connectivity index (χ2v) is 7.83. The highest BCUT2D eigenvalue weighted by Crippen LogP contribution is 2.44. The summed E-state index contributed by atoms with van der Waals surface area (Å²) >= 11 is 0. The molecule has 1 N–H and O–H groups in total. The molecule has 1 aliphatic carbocycles. The quantitative estimate of drug-likeness (QED) is 0.454. The van der Waals surface area contributed by atoms with Gasteiger partial charge in [0, 0.05) is 29.1 Å². The van der Waals surface area contributed by atoms with Crippen LogP contribution in [0.15, 0.2) is 72.8 Å². The normalized spacial score (nSPS) is 13.0. The van der Waals surface area contributed by atoms with Crippen LogP contribution in [-0.4, -0.2) is 22.8 Å². The van der Waals surface area contributed by atoms with E-state index in [2.05, 4.69) is 28.8 Å². The van der Waals surface area contributed by atoms with Crippen LogP contribution < -0.4 is 4.74 Å². The molecule has 154 valence electrons. The Morgan fingerprint density at radius 3 is 2.58 bits per heavy atom. The SMILES string of the molecule is COc1cccc2c1CCC=C2c1c(-c2ccccc2)n(C)c2cc(C(=O)O)ccc12. The zero-order valence-corrected chi connectivity index (χ0v) is 17.6. The number of aryl methyl sites for hydroxylation is 1. The van der Waals surface area contributed by atoms with Gasteiger partial charge < -0.3 is 14.4 Å². The van der Waals surface area contributed by atoms with Crippen LogP contribution in [0.2, 0.25) is 0 Å². The molecule has 1 aromatic heterocycles. The van der Waals surface area contributed by atoms with Crippen LogP contribution in [-0.2, 0) is 13.5 Å². The van der Waals surface area contributed by atoms with Crippen molar-refractivity contribution in [3.05, 3.63) is 95.1 Å². The van der Waals surface area contributed by atoms with Gasteiger partial charge in [0.25, 0.3) is 0 Å². The lowest BCUT2D eigenvalue weighted by atomic mass is 9.84. The van der Waals surface area contributed by atoms with Crippen molar-refractivity contribution in [3.63, 3.8) is 0 Å². The van der Waals surface area contributed by atoms with Crippen molar-refractivity contribution in [2.75, 3.05) is 7.11 Å². The van der Waals surface area contributed by atoms with Crippen molar-refractivity contribution >= 4 is 22.4 Å². The maximum Gasteiger partial charge on any atom is 0.335 e. The molecule has 3 aromatic carbocycles. The smallest absolute Gasteiger partial charge is 0.335 e. The number of aromatic nitrogens is 1. The summed E-state index contributed by atoms with van der Waals surface area (Å²) in [6.07, 6.45) is 4.17. The van der Waals surface area contributed by atoms with E-state index in [0.717, 1.165) is 46.3 Å². The van der Waals surface area contributed by atoms with Gasteiger partial charge in [0.1, 0.15) is 5.75 Å². The number of methoxy groups -OCH3 is 1. The highest BCUT2D eigenvalue weighted by Gasteiger charge is 2.25. The van der Waals surface area contributed by atoms with Crippen LogP contribution in [0, 0.1) is 0 Å². The summed E-state index contributed by atoms with van der Waals surface area (Å²) in [6, 6.07) is 21.9. The van der Waals surface area contributed by atoms with E-state index in [1.165, 1.54) is 16.7 Å². The third kappa shape index (κ3) is 3.03. The molecular weight excluding hydrogens is 386 g/mol. The molecule has 5 rings (SSSR count). The molecule has 0 fully saturated rings. The molecule has 0 spiro atoms. The summed E-state index contributed by atoms with van der Waals surface area (Å²) in [6.45, 7) is 0. The highest BCUT2D eigenvalue weighted by atomic mass is 16.5. The van der Waals surface area contributed by atoms with Crippen molar-refractivity contribution in [3.8, 4) is 17.0 Å². The van der Waals surface area contributed by atoms with E-state index in [-0.39, 0.29) is 0 Å². The first-order valence-electron chi connectivity index (χ1n) is 10.4. The number of carboxylic acids is 1. The topological polar surface area (TPSA) is 51.5 Å². The monoisotopic (exact) mass is 409 g/mol. The molecule has 0 unspecified atom stereocenters. The molecule has 4 heteroatoms. The van der Waals surface area contributed by atoms with Crippen LogP contribution in [0.5, 0.6) is 5.75 Å². The summed E-state index contributed by atoms with van der Waals surface area (Å²) in [5.41, 5.74) is 8.09. The molecule has 1 aliphatic rings. The summed E-state index contributed by atoms with van der Waals surface area (Å²) in [5.74, 6) is -0.00404. The van der Waals surface area contributed by atoms with Gasteiger partial charge in [-0.1, -0.05) is 54.6 Å².